The average Bonchev–Trinajstić information content (AvgIpc) is 2.38. The molecule has 0 aliphatic heterocycles. The van der Waals surface area contributed by atoms with Crippen LogP contribution in [0.4, 0.5) is 0 Å². The van der Waals surface area contributed by atoms with Crippen molar-refractivity contribution >= 4 is 0 Å². The molecule has 3 unspecified atom stereocenters. The van der Waals surface area contributed by atoms with Gasteiger partial charge in [0.15, 0.2) is 0 Å². The van der Waals surface area contributed by atoms with Gasteiger partial charge in [0.1, 0.15) is 5.60 Å². The Morgan fingerprint density at radius 3 is 2.72 bits per heavy atom. The quantitative estimate of drug-likeness (QED) is 0.860. The second-order valence-corrected chi connectivity index (χ2v) is 5.50. The number of nitrogens with two attached hydrogens (primary N) is 1. The van der Waals surface area contributed by atoms with Crippen molar-refractivity contribution in [1.29, 1.82) is 0 Å². The van der Waals surface area contributed by atoms with Crippen LogP contribution in [0.25, 0.3) is 0 Å². The van der Waals surface area contributed by atoms with E-state index in [0.717, 1.165) is 31.2 Å². The molecule has 2 rings (SSSR count). The smallest absolute Gasteiger partial charge is 0.110 e. The van der Waals surface area contributed by atoms with Gasteiger partial charge in [0.05, 0.1) is 12.7 Å². The third kappa shape index (κ3) is 3.55. The van der Waals surface area contributed by atoms with E-state index in [4.69, 9.17) is 10.5 Å². The molecule has 1 saturated carbocycles. The summed E-state index contributed by atoms with van der Waals surface area (Å²) in [4.78, 5) is 0. The van der Waals surface area contributed by atoms with Crippen LogP contribution in [0, 0.1) is 0 Å². The van der Waals surface area contributed by atoms with Gasteiger partial charge in [-0.15, -0.1) is 0 Å². The van der Waals surface area contributed by atoms with Gasteiger partial charge in [-0.3, -0.25) is 0 Å². The summed E-state index contributed by atoms with van der Waals surface area (Å²) in [5, 5.41) is 10.4. The number of rotatable bonds is 4. The monoisotopic (exact) mass is 249 g/mol. The van der Waals surface area contributed by atoms with E-state index < -0.39 is 5.60 Å². The van der Waals surface area contributed by atoms with Crippen molar-refractivity contribution in [2.75, 3.05) is 6.61 Å². The summed E-state index contributed by atoms with van der Waals surface area (Å²) < 4.78 is 5.84. The first-order valence-electron chi connectivity index (χ1n) is 6.73. The zero-order chi connectivity index (χ0) is 13.0. The van der Waals surface area contributed by atoms with Gasteiger partial charge < -0.3 is 15.6 Å². The Morgan fingerprint density at radius 1 is 1.33 bits per heavy atom. The zero-order valence-electron chi connectivity index (χ0n) is 11.0. The van der Waals surface area contributed by atoms with Crippen molar-refractivity contribution in [3.63, 3.8) is 0 Å². The number of hydrogen-bond acceptors (Lipinski definition) is 3. The van der Waals surface area contributed by atoms with Gasteiger partial charge in [-0.2, -0.15) is 0 Å². The van der Waals surface area contributed by atoms with Crippen molar-refractivity contribution in [1.82, 2.24) is 0 Å². The molecule has 0 radical (unpaired) electrons. The van der Waals surface area contributed by atoms with Crippen molar-refractivity contribution in [3.8, 4) is 0 Å². The molecular formula is C15H23NO2. The predicted molar refractivity (Wildman–Crippen MR) is 72.2 cm³/mol. The van der Waals surface area contributed by atoms with E-state index in [0.29, 0.717) is 6.61 Å². The Balaban J connectivity index is 1.89. The zero-order valence-corrected chi connectivity index (χ0v) is 11.0. The topological polar surface area (TPSA) is 55.5 Å². The highest BCUT2D eigenvalue weighted by atomic mass is 16.5. The van der Waals surface area contributed by atoms with Crippen LogP contribution >= 0.6 is 0 Å². The Kier molecular flexibility index (Phi) is 4.38. The number of hydrogen-bond donors (Lipinski definition) is 2. The van der Waals surface area contributed by atoms with Gasteiger partial charge in [0.25, 0.3) is 0 Å². The van der Waals surface area contributed by atoms with Crippen LogP contribution in [0.15, 0.2) is 30.3 Å². The highest BCUT2D eigenvalue weighted by Crippen LogP contribution is 2.25. The molecule has 3 nitrogen and oxygen atoms in total. The Bertz CT molecular complexity index is 364. The van der Waals surface area contributed by atoms with E-state index in [1.165, 1.54) is 0 Å². The second kappa shape index (κ2) is 5.83. The van der Waals surface area contributed by atoms with Crippen LogP contribution < -0.4 is 5.73 Å². The van der Waals surface area contributed by atoms with E-state index in [2.05, 4.69) is 0 Å². The minimum atomic E-state index is -0.928. The van der Waals surface area contributed by atoms with Crippen LogP contribution in [0.3, 0.4) is 0 Å². The maximum atomic E-state index is 10.4. The lowest BCUT2D eigenvalue weighted by Gasteiger charge is -2.31. The highest BCUT2D eigenvalue weighted by Gasteiger charge is 2.26. The molecule has 0 spiro atoms. The molecular weight excluding hydrogens is 226 g/mol. The maximum absolute atomic E-state index is 10.4. The third-order valence-electron chi connectivity index (χ3n) is 3.66. The predicted octanol–water partition coefficient (Wildman–Crippen LogP) is 2.18. The van der Waals surface area contributed by atoms with Crippen molar-refractivity contribution in [2.45, 2.75) is 50.4 Å². The van der Waals surface area contributed by atoms with Gasteiger partial charge >= 0.3 is 0 Å². The number of ether oxygens (including phenoxy) is 1. The normalized spacial score (nSPS) is 27.7. The van der Waals surface area contributed by atoms with Crippen LogP contribution in [-0.2, 0) is 10.3 Å². The van der Waals surface area contributed by atoms with E-state index in [1.54, 1.807) is 6.92 Å². The van der Waals surface area contributed by atoms with E-state index in [1.807, 2.05) is 30.3 Å². The third-order valence-corrected chi connectivity index (χ3v) is 3.66. The van der Waals surface area contributed by atoms with Crippen LogP contribution in [-0.4, -0.2) is 23.9 Å². The minimum Gasteiger partial charge on any atom is -0.383 e. The molecule has 0 heterocycles. The minimum absolute atomic E-state index is 0.198. The molecule has 3 atom stereocenters. The first-order valence-corrected chi connectivity index (χ1v) is 6.73. The summed E-state index contributed by atoms with van der Waals surface area (Å²) in [5.41, 5.74) is 5.90. The summed E-state index contributed by atoms with van der Waals surface area (Å²) in [6, 6.07) is 9.91. The molecule has 18 heavy (non-hydrogen) atoms. The molecule has 3 heteroatoms. The molecule has 0 saturated heterocycles. The van der Waals surface area contributed by atoms with Crippen molar-refractivity contribution in [3.05, 3.63) is 35.9 Å². The van der Waals surface area contributed by atoms with Crippen molar-refractivity contribution in [2.24, 2.45) is 5.73 Å². The summed E-state index contributed by atoms with van der Waals surface area (Å²) in [5.74, 6) is 0. The molecule has 3 N–H and O–H groups in total. The molecule has 1 aliphatic carbocycles. The van der Waals surface area contributed by atoms with E-state index >= 15 is 0 Å². The Hall–Kier alpha value is -0.900. The fraction of sp³-hybridized carbons (Fsp3) is 0.600. The standard InChI is InChI=1S/C15H23NO2/c1-15(17,12-6-3-2-4-7-12)11-18-14-9-5-8-13(16)10-14/h2-4,6-7,13-14,17H,5,8-11,16H2,1H3. The van der Waals surface area contributed by atoms with Gasteiger partial charge in [0, 0.05) is 6.04 Å². The van der Waals surface area contributed by atoms with E-state index in [9.17, 15) is 5.11 Å². The lowest BCUT2D eigenvalue weighted by Crippen LogP contribution is -2.36. The molecule has 0 bridgehead atoms. The number of benzene rings is 1. The molecule has 1 aromatic carbocycles. The highest BCUT2D eigenvalue weighted by molar-refractivity contribution is 5.21. The first-order chi connectivity index (χ1) is 8.58. The second-order valence-electron chi connectivity index (χ2n) is 5.50. The summed E-state index contributed by atoms with van der Waals surface area (Å²) >= 11 is 0. The number of aliphatic hydroxyl groups is 1. The largest absolute Gasteiger partial charge is 0.383 e. The van der Waals surface area contributed by atoms with Crippen molar-refractivity contribution < 1.29 is 9.84 Å². The van der Waals surface area contributed by atoms with Crippen LogP contribution in [0.2, 0.25) is 0 Å². The molecule has 1 fully saturated rings. The molecule has 1 aliphatic rings. The Labute approximate surface area is 109 Å². The molecule has 0 amide bonds. The van der Waals surface area contributed by atoms with Crippen LogP contribution in [0.1, 0.15) is 38.2 Å². The molecule has 0 aromatic heterocycles. The summed E-state index contributed by atoms with van der Waals surface area (Å²) in [6.45, 7) is 2.12. The summed E-state index contributed by atoms with van der Waals surface area (Å²) in [7, 11) is 0. The lowest BCUT2D eigenvalue weighted by atomic mass is 9.93. The first kappa shape index (κ1) is 13.5. The van der Waals surface area contributed by atoms with Gasteiger partial charge in [0.2, 0.25) is 0 Å². The van der Waals surface area contributed by atoms with E-state index in [-0.39, 0.29) is 12.1 Å². The SMILES string of the molecule is CC(O)(COC1CCCC(N)C1)c1ccccc1. The lowest BCUT2D eigenvalue weighted by molar-refractivity contribution is -0.0768. The molecule has 100 valence electrons. The molecule has 1 aromatic rings. The van der Waals surface area contributed by atoms with Gasteiger partial charge in [-0.05, 0) is 38.2 Å². The fourth-order valence-electron chi connectivity index (χ4n) is 2.49. The Morgan fingerprint density at radius 2 is 2.06 bits per heavy atom. The van der Waals surface area contributed by atoms with Crippen LogP contribution in [0.5, 0.6) is 0 Å². The average molecular weight is 249 g/mol. The fourth-order valence-corrected chi connectivity index (χ4v) is 2.49. The van der Waals surface area contributed by atoms with Gasteiger partial charge in [-0.1, -0.05) is 30.3 Å². The maximum Gasteiger partial charge on any atom is 0.110 e. The summed E-state index contributed by atoms with van der Waals surface area (Å²) in [6.07, 6.45) is 4.38. The van der Waals surface area contributed by atoms with Gasteiger partial charge in [-0.25, -0.2) is 0 Å².